The highest BCUT2D eigenvalue weighted by atomic mass is 16.3. The molecule has 5 fully saturated rings. The van der Waals surface area contributed by atoms with E-state index in [-0.39, 0.29) is 28.1 Å². The van der Waals surface area contributed by atoms with Gasteiger partial charge in [0, 0.05) is 11.8 Å². The summed E-state index contributed by atoms with van der Waals surface area (Å²) in [7, 11) is 0. The monoisotopic (exact) mass is 416 g/mol. The van der Waals surface area contributed by atoms with Gasteiger partial charge in [-0.05, 0) is 104 Å². The van der Waals surface area contributed by atoms with E-state index < -0.39 is 12.2 Å². The summed E-state index contributed by atoms with van der Waals surface area (Å²) in [6, 6.07) is 0. The second kappa shape index (κ2) is 6.80. The van der Waals surface area contributed by atoms with Crippen LogP contribution in [0.1, 0.15) is 92.4 Å². The minimum absolute atomic E-state index is 0.0797. The number of Topliss-reactive ketones (excluding diaryl/α,β-unsaturated/α-hetero) is 1. The molecular formula is C27H44O3. The van der Waals surface area contributed by atoms with Crippen molar-refractivity contribution in [1.29, 1.82) is 0 Å². The lowest BCUT2D eigenvalue weighted by Gasteiger charge is -2.58. The first kappa shape index (κ1) is 21.4. The molecule has 11 atom stereocenters. The molecule has 5 rings (SSSR count). The predicted octanol–water partition coefficient (Wildman–Crippen LogP) is 5.23. The molecule has 5 aliphatic rings. The highest BCUT2D eigenvalue weighted by Gasteiger charge is 2.77. The Morgan fingerprint density at radius 3 is 2.37 bits per heavy atom. The Balaban J connectivity index is 1.36. The highest BCUT2D eigenvalue weighted by molar-refractivity contribution is 5.91. The van der Waals surface area contributed by atoms with Gasteiger partial charge in [0.25, 0.3) is 0 Å². The fourth-order valence-corrected chi connectivity index (χ4v) is 9.92. The molecule has 0 amide bonds. The number of ketones is 1. The molecule has 0 aromatic rings. The minimum atomic E-state index is -0.434. The quantitative estimate of drug-likeness (QED) is 0.645. The Morgan fingerprint density at radius 2 is 1.70 bits per heavy atom. The Labute approximate surface area is 183 Å². The lowest BCUT2D eigenvalue weighted by atomic mass is 9.45. The van der Waals surface area contributed by atoms with Crippen LogP contribution in [-0.2, 0) is 4.79 Å². The molecule has 1 spiro atoms. The molecule has 3 nitrogen and oxygen atoms in total. The molecule has 30 heavy (non-hydrogen) atoms. The van der Waals surface area contributed by atoms with Crippen molar-refractivity contribution < 1.29 is 15.0 Å². The third kappa shape index (κ3) is 2.60. The van der Waals surface area contributed by atoms with Gasteiger partial charge in [-0.3, -0.25) is 4.79 Å². The fourth-order valence-electron chi connectivity index (χ4n) is 9.92. The molecule has 0 aliphatic heterocycles. The second-order valence-electron chi connectivity index (χ2n) is 13.0. The zero-order valence-electron chi connectivity index (χ0n) is 19.9. The van der Waals surface area contributed by atoms with Gasteiger partial charge < -0.3 is 10.2 Å². The molecule has 0 aromatic heterocycles. The van der Waals surface area contributed by atoms with Crippen molar-refractivity contribution in [3.63, 3.8) is 0 Å². The van der Waals surface area contributed by atoms with Crippen LogP contribution in [0.25, 0.3) is 0 Å². The number of fused-ring (bicyclic) bond motifs is 4. The van der Waals surface area contributed by atoms with Crippen LogP contribution in [0.4, 0.5) is 0 Å². The number of carbonyl (C=O) groups is 1. The molecule has 0 unspecified atom stereocenters. The standard InChI is InChI=1S/C27H44O3/c1-15(2)22(28)13-23(29)16(3)19-6-7-20-18-12-24(30)27-14-17(27)8-11-26(27,5)21(18)9-10-25(19,20)4/h15-23,28-29H,6-14H2,1-5H3/t16-,17+,18-,19+,20-,21-,22+,23-,25+,26+,27-/m0/s1. The van der Waals surface area contributed by atoms with Crippen LogP contribution in [0.2, 0.25) is 0 Å². The topological polar surface area (TPSA) is 57.5 Å². The van der Waals surface area contributed by atoms with E-state index in [2.05, 4.69) is 20.8 Å². The lowest BCUT2D eigenvalue weighted by Crippen LogP contribution is -2.55. The molecule has 0 radical (unpaired) electrons. The van der Waals surface area contributed by atoms with Crippen molar-refractivity contribution >= 4 is 5.78 Å². The summed E-state index contributed by atoms with van der Waals surface area (Å²) in [6.07, 6.45) is 9.18. The van der Waals surface area contributed by atoms with Gasteiger partial charge in [0.15, 0.2) is 0 Å². The predicted molar refractivity (Wildman–Crippen MR) is 119 cm³/mol. The van der Waals surface area contributed by atoms with Crippen molar-refractivity contribution in [3.8, 4) is 0 Å². The third-order valence-corrected chi connectivity index (χ3v) is 11.9. The lowest BCUT2D eigenvalue weighted by molar-refractivity contribution is -0.152. The van der Waals surface area contributed by atoms with Crippen molar-refractivity contribution in [2.24, 2.45) is 57.7 Å². The van der Waals surface area contributed by atoms with Gasteiger partial charge in [0.2, 0.25) is 0 Å². The fraction of sp³-hybridized carbons (Fsp3) is 0.963. The average molecular weight is 417 g/mol. The first-order valence-corrected chi connectivity index (χ1v) is 13.0. The first-order chi connectivity index (χ1) is 14.1. The Bertz CT molecular complexity index is 717. The molecule has 2 N–H and O–H groups in total. The van der Waals surface area contributed by atoms with Gasteiger partial charge in [-0.2, -0.15) is 0 Å². The van der Waals surface area contributed by atoms with Gasteiger partial charge in [0.05, 0.1) is 12.2 Å². The van der Waals surface area contributed by atoms with E-state index >= 15 is 0 Å². The number of carbonyl (C=O) groups excluding carboxylic acids is 1. The maximum Gasteiger partial charge on any atom is 0.140 e. The molecular weight excluding hydrogens is 372 g/mol. The van der Waals surface area contributed by atoms with E-state index in [1.54, 1.807) is 0 Å². The number of hydrogen-bond acceptors (Lipinski definition) is 3. The maximum atomic E-state index is 13.4. The summed E-state index contributed by atoms with van der Waals surface area (Å²) < 4.78 is 0. The number of aliphatic hydroxyl groups excluding tert-OH is 2. The van der Waals surface area contributed by atoms with E-state index in [9.17, 15) is 15.0 Å². The van der Waals surface area contributed by atoms with Crippen molar-refractivity contribution in [2.75, 3.05) is 0 Å². The smallest absolute Gasteiger partial charge is 0.140 e. The summed E-state index contributed by atoms with van der Waals surface area (Å²) in [5.41, 5.74) is 0.590. The first-order valence-electron chi connectivity index (χ1n) is 13.0. The molecule has 0 bridgehead atoms. The van der Waals surface area contributed by atoms with E-state index in [1.807, 2.05) is 13.8 Å². The summed E-state index contributed by atoms with van der Waals surface area (Å²) in [5.74, 6) is 4.19. The molecule has 5 saturated carbocycles. The summed E-state index contributed by atoms with van der Waals surface area (Å²) in [6.45, 7) is 11.2. The third-order valence-electron chi connectivity index (χ3n) is 11.9. The number of hydrogen-bond donors (Lipinski definition) is 2. The largest absolute Gasteiger partial charge is 0.393 e. The summed E-state index contributed by atoms with van der Waals surface area (Å²) in [4.78, 5) is 13.4. The van der Waals surface area contributed by atoms with Crippen molar-refractivity contribution in [2.45, 2.75) is 105 Å². The van der Waals surface area contributed by atoms with Crippen LogP contribution in [-0.4, -0.2) is 28.2 Å². The highest BCUT2D eigenvalue weighted by Crippen LogP contribution is 2.80. The second-order valence-corrected chi connectivity index (χ2v) is 13.0. The van der Waals surface area contributed by atoms with Gasteiger partial charge in [-0.1, -0.05) is 34.6 Å². The van der Waals surface area contributed by atoms with Gasteiger partial charge in [0.1, 0.15) is 5.78 Å². The molecule has 5 aliphatic carbocycles. The normalized spacial score (nSPS) is 52.3. The van der Waals surface area contributed by atoms with Crippen LogP contribution in [0.15, 0.2) is 0 Å². The minimum Gasteiger partial charge on any atom is -0.393 e. The summed E-state index contributed by atoms with van der Waals surface area (Å²) >= 11 is 0. The molecule has 0 aromatic carbocycles. The van der Waals surface area contributed by atoms with Crippen LogP contribution >= 0.6 is 0 Å². The maximum absolute atomic E-state index is 13.4. The zero-order valence-corrected chi connectivity index (χ0v) is 19.9. The zero-order chi connectivity index (χ0) is 21.6. The molecule has 0 heterocycles. The molecule has 3 heteroatoms. The Morgan fingerprint density at radius 1 is 0.967 bits per heavy atom. The van der Waals surface area contributed by atoms with E-state index in [1.165, 1.54) is 44.9 Å². The number of rotatable bonds is 5. The van der Waals surface area contributed by atoms with Gasteiger partial charge in [-0.25, -0.2) is 0 Å². The van der Waals surface area contributed by atoms with Crippen LogP contribution < -0.4 is 0 Å². The average Bonchev–Trinajstić information content (AvgIpc) is 3.22. The van der Waals surface area contributed by atoms with E-state index in [0.29, 0.717) is 35.9 Å². The summed E-state index contributed by atoms with van der Waals surface area (Å²) in [5, 5.41) is 21.3. The Kier molecular flexibility index (Phi) is 4.86. The molecule has 0 saturated heterocycles. The van der Waals surface area contributed by atoms with Gasteiger partial charge in [-0.15, -0.1) is 0 Å². The van der Waals surface area contributed by atoms with E-state index in [4.69, 9.17) is 0 Å². The van der Waals surface area contributed by atoms with Gasteiger partial charge >= 0.3 is 0 Å². The Hall–Kier alpha value is -0.410. The van der Waals surface area contributed by atoms with Crippen molar-refractivity contribution in [3.05, 3.63) is 0 Å². The van der Waals surface area contributed by atoms with Crippen LogP contribution in [0, 0.1) is 57.7 Å². The van der Waals surface area contributed by atoms with Crippen molar-refractivity contribution in [1.82, 2.24) is 0 Å². The van der Waals surface area contributed by atoms with Crippen LogP contribution in [0.3, 0.4) is 0 Å². The molecule has 170 valence electrons. The van der Waals surface area contributed by atoms with E-state index in [0.717, 1.165) is 12.3 Å². The SMILES string of the molecule is CC(C)[C@H](O)C[C@H](O)[C@@H](C)[C@H]1CC[C@H]2[C@@H]3CC(=O)[C@]45C[C@H]4CC[C@]5(C)[C@H]3CC[C@]12C. The number of aliphatic hydroxyl groups is 2. The van der Waals surface area contributed by atoms with Crippen LogP contribution in [0.5, 0.6) is 0 Å².